The number of hydrogen-bond acceptors (Lipinski definition) is 4. The van der Waals surface area contributed by atoms with E-state index in [1.54, 1.807) is 0 Å². The zero-order valence-electron chi connectivity index (χ0n) is 12.8. The molecule has 2 aliphatic rings. The summed E-state index contributed by atoms with van der Waals surface area (Å²) in [6, 6.07) is 2.84. The third-order valence-electron chi connectivity index (χ3n) is 4.57. The van der Waals surface area contributed by atoms with Crippen LogP contribution in [0, 0.1) is 5.41 Å². The van der Waals surface area contributed by atoms with Crippen LogP contribution >= 0.6 is 0 Å². The van der Waals surface area contributed by atoms with Crippen LogP contribution in [0.5, 0.6) is 0 Å². The van der Waals surface area contributed by atoms with Gasteiger partial charge in [-0.2, -0.15) is 0 Å². The number of likely N-dealkylation sites (tertiary alicyclic amines) is 1. The minimum absolute atomic E-state index is 0.496. The normalized spacial score (nSPS) is 23.7. The van der Waals surface area contributed by atoms with Crippen molar-refractivity contribution in [2.24, 2.45) is 5.41 Å². The predicted octanol–water partition coefficient (Wildman–Crippen LogP) is 2.94. The summed E-state index contributed by atoms with van der Waals surface area (Å²) in [7, 11) is 0. The first-order valence-electron chi connectivity index (χ1n) is 8.01. The van der Waals surface area contributed by atoms with Gasteiger partial charge >= 0.3 is 0 Å². The summed E-state index contributed by atoms with van der Waals surface area (Å²) in [5.41, 5.74) is 1.54. The second kappa shape index (κ2) is 5.86. The van der Waals surface area contributed by atoms with Crippen LogP contribution < -0.4 is 5.32 Å². The largest absolute Gasteiger partial charge is 0.360 e. The Morgan fingerprint density at radius 3 is 3.00 bits per heavy atom. The first-order chi connectivity index (χ1) is 9.61. The molecule has 0 radical (unpaired) electrons. The molecule has 1 aromatic heterocycles. The van der Waals surface area contributed by atoms with E-state index in [4.69, 9.17) is 4.52 Å². The van der Waals surface area contributed by atoms with Crippen LogP contribution in [0.2, 0.25) is 0 Å². The Bertz CT molecular complexity index is 437. The molecule has 1 saturated heterocycles. The van der Waals surface area contributed by atoms with E-state index >= 15 is 0 Å². The molecule has 2 fully saturated rings. The molecule has 0 spiro atoms. The van der Waals surface area contributed by atoms with Crippen LogP contribution in [0.4, 0.5) is 0 Å². The quantitative estimate of drug-likeness (QED) is 0.898. The Labute approximate surface area is 121 Å². The van der Waals surface area contributed by atoms with Crippen molar-refractivity contribution in [2.75, 3.05) is 13.1 Å². The maximum Gasteiger partial charge on any atom is 0.151 e. The molecular formula is C16H27N3O. The first-order valence-corrected chi connectivity index (χ1v) is 8.01. The molecule has 1 N–H and O–H groups in total. The molecule has 0 bridgehead atoms. The van der Waals surface area contributed by atoms with Crippen LogP contribution in [0.25, 0.3) is 0 Å². The maximum absolute atomic E-state index is 5.48. The van der Waals surface area contributed by atoms with E-state index in [9.17, 15) is 0 Å². The van der Waals surface area contributed by atoms with Gasteiger partial charge in [-0.25, -0.2) is 0 Å². The maximum atomic E-state index is 5.48. The molecule has 3 rings (SSSR count). The second-order valence-electron chi connectivity index (χ2n) is 7.23. The topological polar surface area (TPSA) is 41.3 Å². The summed E-state index contributed by atoms with van der Waals surface area (Å²) in [4.78, 5) is 2.51. The highest BCUT2D eigenvalue weighted by atomic mass is 16.5. The van der Waals surface area contributed by atoms with Gasteiger partial charge in [-0.05, 0) is 50.6 Å². The summed E-state index contributed by atoms with van der Waals surface area (Å²) in [6.07, 6.45) is 6.52. The van der Waals surface area contributed by atoms with Crippen molar-refractivity contribution >= 4 is 0 Å². The molecule has 1 aliphatic carbocycles. The molecule has 4 heteroatoms. The lowest BCUT2D eigenvalue weighted by molar-refractivity contribution is 0.227. The summed E-state index contributed by atoms with van der Waals surface area (Å²) in [5, 5.41) is 7.64. The van der Waals surface area contributed by atoms with Gasteiger partial charge < -0.3 is 9.84 Å². The van der Waals surface area contributed by atoms with Crippen molar-refractivity contribution in [3.63, 3.8) is 0 Å². The van der Waals surface area contributed by atoms with Crippen LogP contribution in [-0.2, 0) is 13.1 Å². The van der Waals surface area contributed by atoms with Gasteiger partial charge in [0, 0.05) is 18.7 Å². The van der Waals surface area contributed by atoms with Gasteiger partial charge in [0.25, 0.3) is 0 Å². The number of rotatable bonds is 5. The van der Waals surface area contributed by atoms with E-state index in [1.165, 1.54) is 45.2 Å². The van der Waals surface area contributed by atoms with Crippen molar-refractivity contribution in [2.45, 2.75) is 65.1 Å². The number of nitrogens with one attached hydrogen (secondary N) is 1. The van der Waals surface area contributed by atoms with E-state index in [0.717, 1.165) is 30.6 Å². The molecule has 0 amide bonds. The minimum atomic E-state index is 0.496. The van der Waals surface area contributed by atoms with Crippen molar-refractivity contribution in [1.29, 1.82) is 0 Å². The smallest absolute Gasteiger partial charge is 0.151 e. The molecule has 2 heterocycles. The Morgan fingerprint density at radius 1 is 1.35 bits per heavy atom. The van der Waals surface area contributed by atoms with Gasteiger partial charge in [0.15, 0.2) is 5.76 Å². The monoisotopic (exact) mass is 277 g/mol. The standard InChI is InChI=1S/C16H27N3O/c1-16(2)6-3-8-19(9-7-16)12-15-10-14(18-20-15)11-17-13-4-5-13/h10,13,17H,3-9,11-12H2,1-2H3. The zero-order chi connectivity index (χ0) is 14.0. The molecule has 0 unspecified atom stereocenters. The second-order valence-corrected chi connectivity index (χ2v) is 7.23. The average Bonchev–Trinajstić information content (AvgIpc) is 3.15. The Kier molecular flexibility index (Phi) is 4.13. The first kappa shape index (κ1) is 14.1. The third kappa shape index (κ3) is 4.06. The number of aromatic nitrogens is 1. The van der Waals surface area contributed by atoms with Gasteiger partial charge in [0.05, 0.1) is 12.2 Å². The molecular weight excluding hydrogens is 250 g/mol. The molecule has 112 valence electrons. The van der Waals surface area contributed by atoms with E-state index in [0.29, 0.717) is 5.41 Å². The lowest BCUT2D eigenvalue weighted by Gasteiger charge is -2.22. The van der Waals surface area contributed by atoms with Gasteiger partial charge in [-0.1, -0.05) is 19.0 Å². The van der Waals surface area contributed by atoms with E-state index in [-0.39, 0.29) is 0 Å². The van der Waals surface area contributed by atoms with E-state index < -0.39 is 0 Å². The molecule has 4 nitrogen and oxygen atoms in total. The summed E-state index contributed by atoms with van der Waals surface area (Å²) >= 11 is 0. The Balaban J connectivity index is 1.49. The van der Waals surface area contributed by atoms with Crippen LogP contribution in [-0.4, -0.2) is 29.2 Å². The summed E-state index contributed by atoms with van der Waals surface area (Å²) in [5.74, 6) is 1.01. The van der Waals surface area contributed by atoms with Crippen molar-refractivity contribution < 1.29 is 4.52 Å². The van der Waals surface area contributed by atoms with Gasteiger partial charge in [-0.3, -0.25) is 4.90 Å². The fourth-order valence-corrected chi connectivity index (χ4v) is 2.91. The van der Waals surface area contributed by atoms with E-state index in [2.05, 4.69) is 35.3 Å². The van der Waals surface area contributed by atoms with Crippen LogP contribution in [0.15, 0.2) is 10.6 Å². The highest BCUT2D eigenvalue weighted by Gasteiger charge is 2.24. The SMILES string of the molecule is CC1(C)CCCN(Cc2cc(CNC3CC3)no2)CC1. The molecule has 1 aromatic rings. The highest BCUT2D eigenvalue weighted by molar-refractivity contribution is 5.06. The van der Waals surface area contributed by atoms with Crippen molar-refractivity contribution in [3.05, 3.63) is 17.5 Å². The van der Waals surface area contributed by atoms with Gasteiger partial charge in [0.2, 0.25) is 0 Å². The fourth-order valence-electron chi connectivity index (χ4n) is 2.91. The lowest BCUT2D eigenvalue weighted by Crippen LogP contribution is -2.24. The van der Waals surface area contributed by atoms with Crippen LogP contribution in [0.1, 0.15) is 57.4 Å². The summed E-state index contributed by atoms with van der Waals surface area (Å²) < 4.78 is 5.48. The molecule has 1 aliphatic heterocycles. The van der Waals surface area contributed by atoms with Crippen molar-refractivity contribution in [3.8, 4) is 0 Å². The molecule has 0 aromatic carbocycles. The molecule has 20 heavy (non-hydrogen) atoms. The average molecular weight is 277 g/mol. The highest BCUT2D eigenvalue weighted by Crippen LogP contribution is 2.30. The molecule has 0 atom stereocenters. The minimum Gasteiger partial charge on any atom is -0.360 e. The number of nitrogens with zero attached hydrogens (tertiary/aromatic N) is 2. The van der Waals surface area contributed by atoms with Gasteiger partial charge in [-0.15, -0.1) is 0 Å². The van der Waals surface area contributed by atoms with E-state index in [1.807, 2.05) is 0 Å². The lowest BCUT2D eigenvalue weighted by atomic mass is 9.85. The van der Waals surface area contributed by atoms with Crippen molar-refractivity contribution in [1.82, 2.24) is 15.4 Å². The van der Waals surface area contributed by atoms with Crippen LogP contribution in [0.3, 0.4) is 0 Å². The zero-order valence-corrected chi connectivity index (χ0v) is 12.8. The summed E-state index contributed by atoms with van der Waals surface area (Å²) in [6.45, 7) is 8.87. The fraction of sp³-hybridized carbons (Fsp3) is 0.812. The number of hydrogen-bond donors (Lipinski definition) is 1. The van der Waals surface area contributed by atoms with Gasteiger partial charge in [0.1, 0.15) is 0 Å². The Morgan fingerprint density at radius 2 is 2.20 bits per heavy atom. The predicted molar refractivity (Wildman–Crippen MR) is 79.3 cm³/mol. The Hall–Kier alpha value is -0.870. The third-order valence-corrected chi connectivity index (χ3v) is 4.57. The molecule has 1 saturated carbocycles.